The minimum atomic E-state index is -0.575. The normalized spacial score (nSPS) is 11.0. The number of fused-ring (bicyclic) bond motifs is 2. The maximum absolute atomic E-state index is 12.7. The van der Waals surface area contributed by atoms with Gasteiger partial charge in [-0.3, -0.25) is 20.2 Å². The SMILES string of the molecule is O=C(NC(=S)Nc1ccc2oc(-c3cccc4c(Cl)cccc34)nc2c1)c1ccc(-c2cccc([N+](=O)[O-])c2)o1. The minimum absolute atomic E-state index is 0.00237. The number of oxazole rings is 1. The highest BCUT2D eigenvalue weighted by molar-refractivity contribution is 7.80. The van der Waals surface area contributed by atoms with Gasteiger partial charge in [-0.15, -0.1) is 0 Å². The lowest BCUT2D eigenvalue weighted by Crippen LogP contribution is -2.33. The van der Waals surface area contributed by atoms with Crippen LogP contribution in [0.1, 0.15) is 10.6 Å². The van der Waals surface area contributed by atoms with Crippen LogP contribution in [0, 0.1) is 10.1 Å². The van der Waals surface area contributed by atoms with Crippen molar-refractivity contribution in [3.63, 3.8) is 0 Å². The molecule has 6 aromatic rings. The lowest BCUT2D eigenvalue weighted by Gasteiger charge is -2.08. The number of non-ortho nitro benzene ring substituents is 1. The number of carbonyl (C=O) groups excluding carboxylic acids is 1. The van der Waals surface area contributed by atoms with E-state index < -0.39 is 10.8 Å². The molecule has 0 saturated carbocycles. The summed E-state index contributed by atoms with van der Waals surface area (Å²) in [6.45, 7) is 0. The monoisotopic (exact) mass is 568 g/mol. The number of furan rings is 1. The summed E-state index contributed by atoms with van der Waals surface area (Å²) in [5.74, 6) is 0.188. The van der Waals surface area contributed by atoms with Gasteiger partial charge in [-0.1, -0.05) is 48.0 Å². The fourth-order valence-corrected chi connectivity index (χ4v) is 4.74. The van der Waals surface area contributed by atoms with Gasteiger partial charge in [0.25, 0.3) is 11.6 Å². The van der Waals surface area contributed by atoms with Gasteiger partial charge in [0.2, 0.25) is 5.89 Å². The Morgan fingerprint density at radius 3 is 2.58 bits per heavy atom. The second-order valence-corrected chi connectivity index (χ2v) is 9.54. The number of hydrogen-bond acceptors (Lipinski definition) is 7. The summed E-state index contributed by atoms with van der Waals surface area (Å²) in [6.07, 6.45) is 0. The molecule has 2 aromatic heterocycles. The first-order valence-corrected chi connectivity index (χ1v) is 12.7. The summed E-state index contributed by atoms with van der Waals surface area (Å²) >= 11 is 11.7. The molecule has 0 radical (unpaired) electrons. The Morgan fingerprint density at radius 1 is 0.925 bits per heavy atom. The van der Waals surface area contributed by atoms with Crippen LogP contribution in [0.4, 0.5) is 11.4 Å². The van der Waals surface area contributed by atoms with E-state index in [0.29, 0.717) is 39.0 Å². The number of aromatic nitrogens is 1. The number of nitrogens with one attached hydrogen (secondary N) is 2. The van der Waals surface area contributed by atoms with Crippen molar-refractivity contribution in [1.29, 1.82) is 0 Å². The molecule has 0 spiro atoms. The highest BCUT2D eigenvalue weighted by Crippen LogP contribution is 2.34. The molecular weight excluding hydrogens is 552 g/mol. The highest BCUT2D eigenvalue weighted by atomic mass is 35.5. The number of benzene rings is 4. The van der Waals surface area contributed by atoms with Crippen LogP contribution in [-0.2, 0) is 0 Å². The number of halogens is 1. The van der Waals surface area contributed by atoms with Crippen LogP contribution in [-0.4, -0.2) is 20.9 Å². The molecule has 0 saturated heterocycles. The second-order valence-electron chi connectivity index (χ2n) is 8.72. The fourth-order valence-electron chi connectivity index (χ4n) is 4.29. The third kappa shape index (κ3) is 4.89. The lowest BCUT2D eigenvalue weighted by atomic mass is 10.0. The lowest BCUT2D eigenvalue weighted by molar-refractivity contribution is -0.384. The first kappa shape index (κ1) is 25.2. The van der Waals surface area contributed by atoms with Crippen LogP contribution in [0.5, 0.6) is 0 Å². The van der Waals surface area contributed by atoms with Crippen molar-refractivity contribution >= 4 is 68.1 Å². The van der Waals surface area contributed by atoms with Gasteiger partial charge in [0.15, 0.2) is 16.5 Å². The van der Waals surface area contributed by atoms with Crippen molar-refractivity contribution in [3.8, 4) is 22.8 Å². The van der Waals surface area contributed by atoms with Crippen molar-refractivity contribution in [3.05, 3.63) is 112 Å². The van der Waals surface area contributed by atoms with Crippen molar-refractivity contribution < 1.29 is 18.6 Å². The molecule has 196 valence electrons. The minimum Gasteiger partial charge on any atom is -0.451 e. The van der Waals surface area contributed by atoms with E-state index in [1.54, 1.807) is 36.4 Å². The van der Waals surface area contributed by atoms with Crippen LogP contribution in [0.15, 0.2) is 99.8 Å². The average Bonchev–Trinajstić information content (AvgIpc) is 3.61. The van der Waals surface area contributed by atoms with Crippen molar-refractivity contribution in [2.45, 2.75) is 0 Å². The van der Waals surface area contributed by atoms with E-state index in [1.165, 1.54) is 18.2 Å². The number of thiocarbonyl (C=S) groups is 1. The van der Waals surface area contributed by atoms with Gasteiger partial charge >= 0.3 is 0 Å². The second kappa shape index (κ2) is 10.3. The van der Waals surface area contributed by atoms with Gasteiger partial charge in [-0.2, -0.15) is 0 Å². The predicted molar refractivity (Wildman–Crippen MR) is 156 cm³/mol. The van der Waals surface area contributed by atoms with Crippen molar-refractivity contribution in [2.24, 2.45) is 0 Å². The Labute approximate surface area is 236 Å². The van der Waals surface area contributed by atoms with Gasteiger partial charge in [0.1, 0.15) is 11.3 Å². The van der Waals surface area contributed by atoms with Gasteiger partial charge in [-0.05, 0) is 60.1 Å². The molecule has 1 amide bonds. The summed E-state index contributed by atoms with van der Waals surface area (Å²) in [5.41, 5.74) is 2.98. The van der Waals surface area contributed by atoms with Crippen LogP contribution in [0.3, 0.4) is 0 Å². The molecule has 4 aromatic carbocycles. The first-order chi connectivity index (χ1) is 19.4. The zero-order valence-electron chi connectivity index (χ0n) is 20.4. The van der Waals surface area contributed by atoms with E-state index in [2.05, 4.69) is 15.6 Å². The first-order valence-electron chi connectivity index (χ1n) is 11.9. The molecule has 11 heteroatoms. The Balaban J connectivity index is 1.17. The Morgan fingerprint density at radius 2 is 1.73 bits per heavy atom. The van der Waals surface area contributed by atoms with E-state index in [1.807, 2.05) is 36.4 Å². The van der Waals surface area contributed by atoms with Crippen LogP contribution in [0.2, 0.25) is 5.02 Å². The standard InChI is InChI=1S/C29H17ClN4O5S/c30-22-9-3-6-19-20(22)7-2-8-21(19)28-32-23-15-17(10-11-25(23)39-28)31-29(40)33-27(35)26-13-12-24(38-26)16-4-1-5-18(14-16)34(36)37/h1-15H,(H2,31,33,35,40). The molecule has 0 fully saturated rings. The van der Waals surface area contributed by atoms with Crippen LogP contribution in [0.25, 0.3) is 44.7 Å². The highest BCUT2D eigenvalue weighted by Gasteiger charge is 2.17. The molecule has 2 heterocycles. The average molecular weight is 569 g/mol. The summed E-state index contributed by atoms with van der Waals surface area (Å²) in [7, 11) is 0. The topological polar surface area (TPSA) is 123 Å². The maximum atomic E-state index is 12.7. The predicted octanol–water partition coefficient (Wildman–Crippen LogP) is 7.60. The number of carbonyl (C=O) groups is 1. The molecule has 2 N–H and O–H groups in total. The Kier molecular flexibility index (Phi) is 6.47. The Bertz CT molecular complexity index is 1970. The number of amides is 1. The molecular formula is C29H17ClN4O5S. The van der Waals surface area contributed by atoms with Gasteiger partial charge in [0, 0.05) is 39.4 Å². The third-order valence-electron chi connectivity index (χ3n) is 6.14. The smallest absolute Gasteiger partial charge is 0.293 e. The summed E-state index contributed by atoms with van der Waals surface area (Å²) in [5, 5.41) is 19.1. The molecule has 0 aliphatic carbocycles. The van der Waals surface area contributed by atoms with Crippen LogP contribution >= 0.6 is 23.8 Å². The van der Waals surface area contributed by atoms with E-state index in [0.717, 1.165) is 16.3 Å². The molecule has 0 bridgehead atoms. The summed E-state index contributed by atoms with van der Waals surface area (Å²) in [6, 6.07) is 25.7. The molecule has 9 nitrogen and oxygen atoms in total. The van der Waals surface area contributed by atoms with Crippen molar-refractivity contribution in [1.82, 2.24) is 10.3 Å². The Hall–Kier alpha value is -5.06. The van der Waals surface area contributed by atoms with Crippen molar-refractivity contribution in [2.75, 3.05) is 5.32 Å². The molecule has 0 aliphatic heterocycles. The quantitative estimate of drug-likeness (QED) is 0.124. The summed E-state index contributed by atoms with van der Waals surface area (Å²) in [4.78, 5) is 27.9. The van der Waals surface area contributed by atoms with E-state index >= 15 is 0 Å². The number of anilines is 1. The fraction of sp³-hybridized carbons (Fsp3) is 0. The maximum Gasteiger partial charge on any atom is 0.293 e. The molecule has 40 heavy (non-hydrogen) atoms. The number of rotatable bonds is 5. The number of nitro benzene ring substituents is 1. The zero-order chi connectivity index (χ0) is 27.8. The molecule has 0 unspecified atom stereocenters. The van der Waals surface area contributed by atoms with Gasteiger partial charge < -0.3 is 14.2 Å². The third-order valence-corrected chi connectivity index (χ3v) is 6.68. The van der Waals surface area contributed by atoms with Gasteiger partial charge in [-0.25, -0.2) is 4.98 Å². The van der Waals surface area contributed by atoms with Gasteiger partial charge in [0.05, 0.1) is 4.92 Å². The van der Waals surface area contributed by atoms with Crippen LogP contribution < -0.4 is 10.6 Å². The summed E-state index contributed by atoms with van der Waals surface area (Å²) < 4.78 is 11.6. The zero-order valence-corrected chi connectivity index (χ0v) is 22.0. The number of nitrogens with zero attached hydrogens (tertiary/aromatic N) is 2. The molecule has 0 atom stereocenters. The molecule has 6 rings (SSSR count). The number of hydrogen-bond donors (Lipinski definition) is 2. The molecule has 0 aliphatic rings. The number of nitro groups is 1. The van der Waals surface area contributed by atoms with E-state index in [-0.39, 0.29) is 16.6 Å². The van der Waals surface area contributed by atoms with E-state index in [4.69, 9.17) is 32.7 Å². The largest absolute Gasteiger partial charge is 0.451 e. The van der Waals surface area contributed by atoms with E-state index in [9.17, 15) is 14.9 Å².